The lowest BCUT2D eigenvalue weighted by Crippen LogP contribution is -2.26. The van der Waals surface area contributed by atoms with E-state index in [0.717, 1.165) is 10.6 Å². The van der Waals surface area contributed by atoms with E-state index >= 15 is 0 Å². The van der Waals surface area contributed by atoms with E-state index in [4.69, 9.17) is 0 Å². The van der Waals surface area contributed by atoms with Gasteiger partial charge in [0.1, 0.15) is 10.6 Å². The molecule has 0 bridgehead atoms. The molecule has 0 saturated carbocycles. The number of halogens is 2. The van der Waals surface area contributed by atoms with Crippen LogP contribution in [-0.4, -0.2) is 17.5 Å². The molecular formula is C15H16F2N2O2S. The normalized spacial score (nSPS) is 12.3. The highest BCUT2D eigenvalue weighted by Gasteiger charge is 2.17. The summed E-state index contributed by atoms with van der Waals surface area (Å²) in [5.74, 6) is -0.102. The van der Waals surface area contributed by atoms with E-state index in [1.807, 2.05) is 13.8 Å². The van der Waals surface area contributed by atoms with Gasteiger partial charge in [0.15, 0.2) is 0 Å². The fourth-order valence-corrected chi connectivity index (χ4v) is 2.85. The summed E-state index contributed by atoms with van der Waals surface area (Å²) >= 11 is 1.34. The highest BCUT2D eigenvalue weighted by molar-refractivity contribution is 7.13. The molecule has 0 spiro atoms. The first-order valence-electron chi connectivity index (χ1n) is 6.66. The van der Waals surface area contributed by atoms with Gasteiger partial charge < -0.3 is 10.1 Å². The first-order chi connectivity index (χ1) is 10.4. The summed E-state index contributed by atoms with van der Waals surface area (Å²) in [6.45, 7) is 2.61. The molecule has 0 fully saturated rings. The fraction of sp³-hybridized carbons (Fsp3) is 0.333. The molecule has 118 valence electrons. The Morgan fingerprint density at radius 2 is 1.91 bits per heavy atom. The van der Waals surface area contributed by atoms with Gasteiger partial charge in [-0.1, -0.05) is 12.1 Å². The largest absolute Gasteiger partial charge is 0.435 e. The monoisotopic (exact) mass is 326 g/mol. The van der Waals surface area contributed by atoms with Gasteiger partial charge >= 0.3 is 6.61 Å². The summed E-state index contributed by atoms with van der Waals surface area (Å²) in [5, 5.41) is 3.71. The van der Waals surface area contributed by atoms with E-state index in [-0.39, 0.29) is 17.7 Å². The van der Waals surface area contributed by atoms with E-state index in [1.165, 1.54) is 23.5 Å². The highest BCUT2D eigenvalue weighted by atomic mass is 32.1. The third-order valence-corrected chi connectivity index (χ3v) is 4.13. The fourth-order valence-electron chi connectivity index (χ4n) is 2.03. The molecule has 1 N–H and O–H groups in total. The summed E-state index contributed by atoms with van der Waals surface area (Å²) in [6.07, 6.45) is 0. The lowest BCUT2D eigenvalue weighted by atomic mass is 10.1. The molecule has 1 unspecified atom stereocenters. The standard InChI is InChI=1S/C15H16F2N2O2S/c1-8(11-4-6-12(7-5-11)21-15(16)17)19-14(20)13-9(2)18-10(3)22-13/h4-8,15H,1-3H3,(H,19,20). The summed E-state index contributed by atoms with van der Waals surface area (Å²) in [7, 11) is 0. The number of carbonyl (C=O) groups is 1. The Morgan fingerprint density at radius 1 is 1.27 bits per heavy atom. The molecule has 7 heteroatoms. The molecular weight excluding hydrogens is 310 g/mol. The minimum absolute atomic E-state index is 0.0891. The average molecular weight is 326 g/mol. The number of nitrogens with one attached hydrogen (secondary N) is 1. The number of hydrogen-bond acceptors (Lipinski definition) is 4. The number of aromatic nitrogens is 1. The van der Waals surface area contributed by atoms with Crippen molar-refractivity contribution in [2.45, 2.75) is 33.4 Å². The van der Waals surface area contributed by atoms with E-state index in [0.29, 0.717) is 10.6 Å². The number of hydrogen-bond donors (Lipinski definition) is 1. The van der Waals surface area contributed by atoms with Crippen LogP contribution < -0.4 is 10.1 Å². The van der Waals surface area contributed by atoms with Crippen molar-refractivity contribution in [3.8, 4) is 5.75 Å². The van der Waals surface area contributed by atoms with Crippen LogP contribution in [0.4, 0.5) is 8.78 Å². The third-order valence-electron chi connectivity index (χ3n) is 3.06. The topological polar surface area (TPSA) is 51.2 Å². The van der Waals surface area contributed by atoms with Gasteiger partial charge in [-0.05, 0) is 38.5 Å². The third kappa shape index (κ3) is 4.00. The van der Waals surface area contributed by atoms with Crippen LogP contribution in [0.1, 0.15) is 38.9 Å². The minimum atomic E-state index is -2.85. The summed E-state index contributed by atoms with van der Waals surface area (Å²) in [5.41, 5.74) is 1.50. The molecule has 4 nitrogen and oxygen atoms in total. The Kier molecular flexibility index (Phi) is 5.07. The Morgan fingerprint density at radius 3 is 2.41 bits per heavy atom. The van der Waals surface area contributed by atoms with Crippen molar-refractivity contribution < 1.29 is 18.3 Å². The van der Waals surface area contributed by atoms with Gasteiger partial charge in [0, 0.05) is 0 Å². The van der Waals surface area contributed by atoms with Crippen molar-refractivity contribution in [1.29, 1.82) is 0 Å². The average Bonchev–Trinajstić information content (AvgIpc) is 2.78. The molecule has 0 radical (unpaired) electrons. The quantitative estimate of drug-likeness (QED) is 0.908. The minimum Gasteiger partial charge on any atom is -0.435 e. The van der Waals surface area contributed by atoms with Crippen LogP contribution in [0.2, 0.25) is 0 Å². The zero-order chi connectivity index (χ0) is 16.3. The first kappa shape index (κ1) is 16.4. The maximum atomic E-state index is 12.2. The Hall–Kier alpha value is -2.02. The Labute approximate surface area is 131 Å². The molecule has 0 aliphatic heterocycles. The molecule has 1 aromatic carbocycles. The van der Waals surface area contributed by atoms with Gasteiger partial charge in [-0.25, -0.2) is 4.98 Å². The van der Waals surface area contributed by atoms with Gasteiger partial charge in [-0.3, -0.25) is 4.79 Å². The van der Waals surface area contributed by atoms with Crippen LogP contribution >= 0.6 is 11.3 Å². The number of aryl methyl sites for hydroxylation is 2. The molecule has 0 aliphatic carbocycles. The van der Waals surface area contributed by atoms with Crippen LogP contribution in [0.15, 0.2) is 24.3 Å². The number of benzene rings is 1. The molecule has 0 saturated heterocycles. The first-order valence-corrected chi connectivity index (χ1v) is 7.48. The Bertz CT molecular complexity index is 656. The van der Waals surface area contributed by atoms with Crippen molar-refractivity contribution >= 4 is 17.2 Å². The molecule has 1 atom stereocenters. The second-order valence-electron chi connectivity index (χ2n) is 4.79. The molecule has 1 aromatic heterocycles. The molecule has 22 heavy (non-hydrogen) atoms. The second kappa shape index (κ2) is 6.83. The highest BCUT2D eigenvalue weighted by Crippen LogP contribution is 2.21. The molecule has 1 heterocycles. The predicted octanol–water partition coefficient (Wildman–Crippen LogP) is 3.85. The van der Waals surface area contributed by atoms with Crippen molar-refractivity contribution in [3.63, 3.8) is 0 Å². The lowest BCUT2D eigenvalue weighted by molar-refractivity contribution is -0.0498. The van der Waals surface area contributed by atoms with Gasteiger partial charge in [-0.15, -0.1) is 11.3 Å². The lowest BCUT2D eigenvalue weighted by Gasteiger charge is -2.14. The second-order valence-corrected chi connectivity index (χ2v) is 5.99. The number of alkyl halides is 2. The van der Waals surface area contributed by atoms with E-state index in [2.05, 4.69) is 15.0 Å². The SMILES string of the molecule is Cc1nc(C)c(C(=O)NC(C)c2ccc(OC(F)F)cc2)s1. The van der Waals surface area contributed by atoms with Crippen LogP contribution in [0.3, 0.4) is 0 Å². The van der Waals surface area contributed by atoms with Gasteiger partial charge in [0.05, 0.1) is 16.7 Å². The molecule has 0 aliphatic rings. The summed E-state index contributed by atoms with van der Waals surface area (Å²) in [4.78, 5) is 17.0. The van der Waals surface area contributed by atoms with Gasteiger partial charge in [0.25, 0.3) is 5.91 Å². The van der Waals surface area contributed by atoms with E-state index in [9.17, 15) is 13.6 Å². The number of nitrogens with zero attached hydrogens (tertiary/aromatic N) is 1. The van der Waals surface area contributed by atoms with Crippen LogP contribution in [0, 0.1) is 13.8 Å². The molecule has 1 amide bonds. The van der Waals surface area contributed by atoms with Crippen molar-refractivity contribution in [2.75, 3.05) is 0 Å². The Balaban J connectivity index is 2.04. The maximum Gasteiger partial charge on any atom is 0.387 e. The van der Waals surface area contributed by atoms with E-state index in [1.54, 1.807) is 19.1 Å². The van der Waals surface area contributed by atoms with Crippen molar-refractivity contribution in [3.05, 3.63) is 45.4 Å². The smallest absolute Gasteiger partial charge is 0.387 e. The number of ether oxygens (including phenoxy) is 1. The van der Waals surface area contributed by atoms with Crippen LogP contribution in [0.25, 0.3) is 0 Å². The van der Waals surface area contributed by atoms with Crippen molar-refractivity contribution in [2.24, 2.45) is 0 Å². The zero-order valence-corrected chi connectivity index (χ0v) is 13.2. The van der Waals surface area contributed by atoms with Crippen LogP contribution in [0.5, 0.6) is 5.75 Å². The summed E-state index contributed by atoms with van der Waals surface area (Å²) in [6, 6.07) is 5.94. The van der Waals surface area contributed by atoms with E-state index < -0.39 is 6.61 Å². The van der Waals surface area contributed by atoms with Crippen LogP contribution in [-0.2, 0) is 0 Å². The number of carbonyl (C=O) groups excluding carboxylic acids is 1. The molecule has 2 aromatic rings. The number of thiazole rings is 1. The van der Waals surface area contributed by atoms with Gasteiger partial charge in [-0.2, -0.15) is 8.78 Å². The number of amides is 1. The van der Waals surface area contributed by atoms with Gasteiger partial charge in [0.2, 0.25) is 0 Å². The van der Waals surface area contributed by atoms with Crippen molar-refractivity contribution in [1.82, 2.24) is 10.3 Å². The maximum absolute atomic E-state index is 12.2. The summed E-state index contributed by atoms with van der Waals surface area (Å²) < 4.78 is 28.5. The zero-order valence-electron chi connectivity index (χ0n) is 12.4. The predicted molar refractivity (Wildman–Crippen MR) is 80.5 cm³/mol. The number of rotatable bonds is 5. The molecule has 2 rings (SSSR count).